The van der Waals surface area contributed by atoms with Crippen LogP contribution in [0.3, 0.4) is 0 Å². The van der Waals surface area contributed by atoms with E-state index < -0.39 is 16.1 Å². The molecule has 0 spiro atoms. The molecule has 2 aromatic carbocycles. The van der Waals surface area contributed by atoms with E-state index in [1.807, 2.05) is 24.3 Å². The Kier molecular flexibility index (Phi) is 8.59. The van der Waals surface area contributed by atoms with Gasteiger partial charge < -0.3 is 15.5 Å². The van der Waals surface area contributed by atoms with Crippen LogP contribution in [0.1, 0.15) is 85.5 Å². The van der Waals surface area contributed by atoms with Gasteiger partial charge in [-0.3, -0.25) is 0 Å². The molecule has 0 aliphatic heterocycles. The smallest absolute Gasteiger partial charge is 0.328 e. The number of sulfonamides is 1. The van der Waals surface area contributed by atoms with Gasteiger partial charge in [0.1, 0.15) is 0 Å². The molecule has 2 amide bonds. The maximum absolute atomic E-state index is 12.9. The first-order valence-corrected chi connectivity index (χ1v) is 18.5. The van der Waals surface area contributed by atoms with E-state index in [1.165, 1.54) is 12.5 Å². The second-order valence-corrected chi connectivity index (χ2v) is 16.9. The third-order valence-electron chi connectivity index (χ3n) is 13.3. The maximum Gasteiger partial charge on any atom is 0.328 e. The highest BCUT2D eigenvalue weighted by molar-refractivity contribution is 7.90. The lowest BCUT2D eigenvalue weighted by atomic mass is 9.41. The average molecular weight is 625 g/mol. The van der Waals surface area contributed by atoms with Crippen molar-refractivity contribution in [3.8, 4) is 0 Å². The number of nitrogens with one attached hydrogen (secondary N) is 2. The summed E-state index contributed by atoms with van der Waals surface area (Å²) in [6, 6.07) is 11.7. The second kappa shape index (κ2) is 11.9. The van der Waals surface area contributed by atoms with Crippen LogP contribution in [0, 0.1) is 52.3 Å². The minimum absolute atomic E-state index is 0.0695. The number of aliphatic hydroxyl groups excluding tert-OH is 2. The fourth-order valence-electron chi connectivity index (χ4n) is 11.1. The van der Waals surface area contributed by atoms with Crippen molar-refractivity contribution >= 4 is 26.8 Å². The van der Waals surface area contributed by atoms with Crippen molar-refractivity contribution in [2.24, 2.45) is 52.3 Å². The predicted octanol–water partition coefficient (Wildman–Crippen LogP) is 6.48. The Bertz CT molecular complexity index is 1480. The van der Waals surface area contributed by atoms with E-state index in [4.69, 9.17) is 0 Å². The molecule has 7 nitrogen and oxygen atoms in total. The molecule has 8 heteroatoms. The fraction of sp³-hybridized carbons (Fsp3) is 0.694. The number of hydrogen-bond donors (Lipinski definition) is 4. The fourth-order valence-corrected chi connectivity index (χ4v) is 12.1. The number of urea groups is 1. The molecule has 0 aromatic heterocycles. The Labute approximate surface area is 263 Å². The van der Waals surface area contributed by atoms with Gasteiger partial charge in [-0.1, -0.05) is 64.4 Å². The Morgan fingerprint density at radius 3 is 2.41 bits per heavy atom. The van der Waals surface area contributed by atoms with E-state index in [-0.39, 0.29) is 33.9 Å². The highest BCUT2D eigenvalue weighted by atomic mass is 32.2. The van der Waals surface area contributed by atoms with Gasteiger partial charge in [0.05, 0.1) is 17.1 Å². The van der Waals surface area contributed by atoms with Crippen LogP contribution in [-0.2, 0) is 10.0 Å². The summed E-state index contributed by atoms with van der Waals surface area (Å²) in [7, 11) is -3.98. The summed E-state index contributed by atoms with van der Waals surface area (Å²) in [5, 5.41) is 27.0. The lowest BCUT2D eigenvalue weighted by Crippen LogP contribution is -2.62. The summed E-state index contributed by atoms with van der Waals surface area (Å²) < 4.78 is 28.0. The minimum Gasteiger partial charge on any atom is -0.393 e. The van der Waals surface area contributed by atoms with Gasteiger partial charge in [0.15, 0.2) is 0 Å². The monoisotopic (exact) mass is 624 g/mol. The van der Waals surface area contributed by atoms with Crippen LogP contribution in [-0.4, -0.2) is 43.4 Å². The van der Waals surface area contributed by atoms with Gasteiger partial charge in [0, 0.05) is 6.54 Å². The van der Waals surface area contributed by atoms with Gasteiger partial charge in [0.25, 0.3) is 10.0 Å². The van der Waals surface area contributed by atoms with Gasteiger partial charge >= 0.3 is 6.03 Å². The molecule has 4 saturated carbocycles. The Balaban J connectivity index is 1.08. The molecule has 1 unspecified atom stereocenters. The third-order valence-corrected chi connectivity index (χ3v) is 14.6. The van der Waals surface area contributed by atoms with E-state index in [0.29, 0.717) is 42.1 Å². The van der Waals surface area contributed by atoms with Crippen LogP contribution in [0.5, 0.6) is 0 Å². The van der Waals surface area contributed by atoms with Gasteiger partial charge in [0.2, 0.25) is 0 Å². The van der Waals surface area contributed by atoms with Crippen molar-refractivity contribution in [2.75, 3.05) is 6.54 Å². The third kappa shape index (κ3) is 5.37. The van der Waals surface area contributed by atoms with Gasteiger partial charge in [-0.15, -0.1) is 0 Å². The molecule has 44 heavy (non-hydrogen) atoms. The van der Waals surface area contributed by atoms with Crippen molar-refractivity contribution in [1.29, 1.82) is 0 Å². The molecule has 4 fully saturated rings. The van der Waals surface area contributed by atoms with E-state index in [2.05, 4.69) is 37.7 Å². The summed E-state index contributed by atoms with van der Waals surface area (Å²) in [5.41, 5.74) is 0.345. The maximum atomic E-state index is 12.9. The first-order chi connectivity index (χ1) is 20.9. The van der Waals surface area contributed by atoms with E-state index in [1.54, 1.807) is 12.1 Å². The number of hydrogen-bond acceptors (Lipinski definition) is 5. The average Bonchev–Trinajstić information content (AvgIpc) is 3.35. The molecular weight excluding hydrogens is 572 g/mol. The zero-order chi connectivity index (χ0) is 31.4. The van der Waals surface area contributed by atoms with Crippen molar-refractivity contribution in [1.82, 2.24) is 10.0 Å². The summed E-state index contributed by atoms with van der Waals surface area (Å²) in [4.78, 5) is 12.7. The molecule has 11 atom stereocenters. The van der Waals surface area contributed by atoms with Crippen molar-refractivity contribution in [2.45, 2.75) is 103 Å². The second-order valence-electron chi connectivity index (χ2n) is 15.3. The number of rotatable bonds is 7. The number of benzene rings is 2. The molecule has 2 aromatic rings. The Morgan fingerprint density at radius 1 is 0.955 bits per heavy atom. The van der Waals surface area contributed by atoms with Crippen LogP contribution < -0.4 is 10.0 Å². The van der Waals surface area contributed by atoms with E-state index in [9.17, 15) is 23.4 Å². The normalized spacial score (nSPS) is 39.1. The zero-order valence-electron chi connectivity index (χ0n) is 26.8. The summed E-state index contributed by atoms with van der Waals surface area (Å²) in [6.45, 7) is 9.84. The highest BCUT2D eigenvalue weighted by Gasteiger charge is 2.64. The van der Waals surface area contributed by atoms with Crippen LogP contribution in [0.25, 0.3) is 10.8 Å². The highest BCUT2D eigenvalue weighted by Crippen LogP contribution is 2.69. The first-order valence-electron chi connectivity index (χ1n) is 17.0. The number of fused-ring (bicyclic) bond motifs is 6. The largest absolute Gasteiger partial charge is 0.393 e. The molecule has 4 aliphatic carbocycles. The molecule has 242 valence electrons. The van der Waals surface area contributed by atoms with Crippen molar-refractivity contribution in [3.05, 3.63) is 42.5 Å². The SMILES string of the molecule is CC[C@H]1[C@@H](O)[C@@H]2[C@H](CC[C@]3(C)C([C@H](C)CCNC(=O)NS(=O)(=O)c4ccc5ccccc5c4)CC[C@@H]23)[C@@]2(C)CC[C@@H](O)C[C@@H]12. The lowest BCUT2D eigenvalue weighted by Gasteiger charge is -2.64. The molecule has 4 N–H and O–H groups in total. The number of amides is 2. The Hall–Kier alpha value is -2.16. The van der Waals surface area contributed by atoms with Crippen LogP contribution in [0.2, 0.25) is 0 Å². The number of carbonyl (C=O) groups excluding carboxylic acids is 1. The lowest BCUT2D eigenvalue weighted by molar-refractivity contribution is -0.203. The van der Waals surface area contributed by atoms with Crippen LogP contribution in [0.4, 0.5) is 4.79 Å². The van der Waals surface area contributed by atoms with E-state index in [0.717, 1.165) is 62.1 Å². The minimum atomic E-state index is -3.98. The van der Waals surface area contributed by atoms with E-state index >= 15 is 0 Å². The predicted molar refractivity (Wildman–Crippen MR) is 173 cm³/mol. The quantitative estimate of drug-likeness (QED) is 0.282. The molecular formula is C36H52N2O5S. The Morgan fingerprint density at radius 2 is 1.66 bits per heavy atom. The summed E-state index contributed by atoms with van der Waals surface area (Å²) in [5.74, 6) is 2.85. The molecule has 0 heterocycles. The molecule has 0 bridgehead atoms. The van der Waals surface area contributed by atoms with Crippen LogP contribution in [0.15, 0.2) is 47.4 Å². The standard InChI is InChI=1S/C36H52N2O5S/c1-5-27-31-21-25(39)14-17-36(31,4)30-15-18-35(3)28(12-13-29(35)32(30)33(27)40)22(2)16-19-37-34(41)38-44(42,43)26-11-10-23-8-6-7-9-24(23)20-26/h6-11,20,22,25,27-33,39-40H,5,12-19,21H2,1-4H3,(H2,37,38,41)/t22-,25-,27-,28?,29+,30+,31+,32+,33-,35-,36-/m1/s1. The van der Waals surface area contributed by atoms with Crippen molar-refractivity contribution in [3.63, 3.8) is 0 Å². The van der Waals surface area contributed by atoms with Crippen LogP contribution >= 0.6 is 0 Å². The zero-order valence-corrected chi connectivity index (χ0v) is 27.7. The molecule has 4 aliphatic rings. The summed E-state index contributed by atoms with van der Waals surface area (Å²) in [6.07, 6.45) is 8.58. The van der Waals surface area contributed by atoms with Crippen molar-refractivity contribution < 1.29 is 23.4 Å². The topological polar surface area (TPSA) is 116 Å². The molecule has 0 saturated heterocycles. The molecule has 6 rings (SSSR count). The number of carbonyl (C=O) groups is 1. The number of aliphatic hydroxyl groups is 2. The summed E-state index contributed by atoms with van der Waals surface area (Å²) >= 11 is 0. The molecule has 0 radical (unpaired) electrons. The first kappa shape index (κ1) is 31.8. The van der Waals surface area contributed by atoms with Gasteiger partial charge in [-0.05, 0) is 127 Å². The van der Waals surface area contributed by atoms with Gasteiger partial charge in [-0.2, -0.15) is 0 Å². The van der Waals surface area contributed by atoms with Gasteiger partial charge in [-0.25, -0.2) is 17.9 Å².